The largest absolute Gasteiger partial charge is 0.444 e. The van der Waals surface area contributed by atoms with E-state index in [-0.39, 0.29) is 18.1 Å². The molecule has 2 rings (SSSR count). The molecule has 0 radical (unpaired) electrons. The van der Waals surface area contributed by atoms with Gasteiger partial charge in [0.25, 0.3) is 0 Å². The molecule has 3 N–H and O–H groups in total. The van der Waals surface area contributed by atoms with E-state index < -0.39 is 5.60 Å². The number of piperidine rings is 1. The van der Waals surface area contributed by atoms with Crippen molar-refractivity contribution < 1.29 is 9.53 Å². The van der Waals surface area contributed by atoms with Gasteiger partial charge >= 0.3 is 6.09 Å². The fourth-order valence-electron chi connectivity index (χ4n) is 2.26. The zero-order valence-corrected chi connectivity index (χ0v) is 14.7. The molecule has 7 nitrogen and oxygen atoms in total. The van der Waals surface area contributed by atoms with Crippen molar-refractivity contribution in [2.75, 3.05) is 24.1 Å². The summed E-state index contributed by atoms with van der Waals surface area (Å²) in [5, 5.41) is 3.31. The molecular weight excluding hydrogens is 350 g/mol. The van der Waals surface area contributed by atoms with Crippen LogP contribution in [0.3, 0.4) is 0 Å². The Labute approximate surface area is 138 Å². The summed E-state index contributed by atoms with van der Waals surface area (Å²) < 4.78 is 6.17. The number of hydrogen-bond acceptors (Lipinski definition) is 6. The first-order valence-electron chi connectivity index (χ1n) is 7.27. The summed E-state index contributed by atoms with van der Waals surface area (Å²) in [7, 11) is 0. The van der Waals surface area contributed by atoms with E-state index in [2.05, 4.69) is 31.2 Å². The van der Waals surface area contributed by atoms with Crippen LogP contribution in [0.15, 0.2) is 10.7 Å². The van der Waals surface area contributed by atoms with Crippen LogP contribution < -0.4 is 11.1 Å². The van der Waals surface area contributed by atoms with E-state index in [0.717, 1.165) is 17.3 Å². The predicted octanol–water partition coefficient (Wildman–Crippen LogP) is 2.63. The second kappa shape index (κ2) is 6.68. The molecule has 8 heteroatoms. The van der Waals surface area contributed by atoms with Gasteiger partial charge in [-0.25, -0.2) is 9.78 Å². The Morgan fingerprint density at radius 2 is 2.27 bits per heavy atom. The minimum atomic E-state index is -0.485. The number of ether oxygens (including phenoxy) is 1. The number of nitrogens with zero attached hydrogens (tertiary/aromatic N) is 3. The van der Waals surface area contributed by atoms with Gasteiger partial charge in [-0.15, -0.1) is 0 Å². The van der Waals surface area contributed by atoms with Gasteiger partial charge in [-0.05, 0) is 49.5 Å². The highest BCUT2D eigenvalue weighted by molar-refractivity contribution is 9.10. The second-order valence-corrected chi connectivity index (χ2v) is 7.19. The molecular formula is C14H22BrN5O2. The molecule has 2 heterocycles. The third-order valence-electron chi connectivity index (χ3n) is 3.18. The van der Waals surface area contributed by atoms with Crippen molar-refractivity contribution in [2.24, 2.45) is 0 Å². The van der Waals surface area contributed by atoms with Gasteiger partial charge < -0.3 is 20.7 Å². The van der Waals surface area contributed by atoms with Crippen molar-refractivity contribution in [1.29, 1.82) is 0 Å². The van der Waals surface area contributed by atoms with E-state index in [9.17, 15) is 4.79 Å². The Bertz CT molecular complexity index is 547. The fraction of sp³-hybridized carbons (Fsp3) is 0.643. The molecule has 122 valence electrons. The second-order valence-electron chi connectivity index (χ2n) is 6.33. The van der Waals surface area contributed by atoms with Gasteiger partial charge in [0.15, 0.2) is 0 Å². The standard InChI is InChI=1S/C14H22BrN5O2/c1-14(2,3)22-13(21)20-6-4-5-9(8-20)18-11-10(15)7-17-12(16)19-11/h7,9H,4-6,8H2,1-3H3,(H3,16,17,18,19)/t9-/m1/s1. The quantitative estimate of drug-likeness (QED) is 0.829. The van der Waals surface area contributed by atoms with Crippen LogP contribution in [0.5, 0.6) is 0 Å². The van der Waals surface area contributed by atoms with E-state index in [1.807, 2.05) is 20.8 Å². The Morgan fingerprint density at radius 1 is 1.55 bits per heavy atom. The van der Waals surface area contributed by atoms with Gasteiger partial charge in [0, 0.05) is 25.3 Å². The summed E-state index contributed by atoms with van der Waals surface area (Å²) in [6, 6.07) is 0.104. The van der Waals surface area contributed by atoms with Crippen LogP contribution in [0, 0.1) is 0 Å². The Hall–Kier alpha value is -1.57. The van der Waals surface area contributed by atoms with E-state index >= 15 is 0 Å². The van der Waals surface area contributed by atoms with Gasteiger partial charge in [-0.2, -0.15) is 4.98 Å². The number of likely N-dealkylation sites (tertiary alicyclic amines) is 1. The number of amides is 1. The first kappa shape index (κ1) is 16.8. The van der Waals surface area contributed by atoms with Crippen LogP contribution in [0.1, 0.15) is 33.6 Å². The number of carbonyl (C=O) groups is 1. The van der Waals surface area contributed by atoms with Crippen molar-refractivity contribution in [2.45, 2.75) is 45.3 Å². The van der Waals surface area contributed by atoms with Crippen LogP contribution in [0.4, 0.5) is 16.6 Å². The van der Waals surface area contributed by atoms with Crippen LogP contribution in [0.25, 0.3) is 0 Å². The van der Waals surface area contributed by atoms with E-state index in [1.165, 1.54) is 0 Å². The summed E-state index contributed by atoms with van der Waals surface area (Å²) in [5.74, 6) is 0.856. The van der Waals surface area contributed by atoms with Crippen molar-refractivity contribution in [1.82, 2.24) is 14.9 Å². The molecule has 1 aromatic rings. The van der Waals surface area contributed by atoms with Crippen LogP contribution in [0.2, 0.25) is 0 Å². The number of rotatable bonds is 2. The number of anilines is 2. The lowest BCUT2D eigenvalue weighted by Crippen LogP contribution is -2.47. The molecule has 1 aliphatic rings. The normalized spacial score (nSPS) is 18.9. The third kappa shape index (κ3) is 4.72. The highest BCUT2D eigenvalue weighted by Gasteiger charge is 2.28. The number of carbonyl (C=O) groups excluding carboxylic acids is 1. The van der Waals surface area contributed by atoms with Gasteiger partial charge in [0.1, 0.15) is 11.4 Å². The molecule has 1 atom stereocenters. The van der Waals surface area contributed by atoms with E-state index in [1.54, 1.807) is 11.1 Å². The van der Waals surface area contributed by atoms with Crippen molar-refractivity contribution in [3.63, 3.8) is 0 Å². The Kier molecular flexibility index (Phi) is 5.10. The maximum Gasteiger partial charge on any atom is 0.410 e. The number of nitrogen functional groups attached to an aromatic ring is 1. The number of aromatic nitrogens is 2. The summed E-state index contributed by atoms with van der Waals surface area (Å²) in [4.78, 5) is 22.0. The zero-order valence-electron chi connectivity index (χ0n) is 13.1. The SMILES string of the molecule is CC(C)(C)OC(=O)N1CCC[C@@H](Nc2nc(N)ncc2Br)C1. The lowest BCUT2D eigenvalue weighted by Gasteiger charge is -2.34. The fourth-order valence-corrected chi connectivity index (χ4v) is 2.57. The lowest BCUT2D eigenvalue weighted by atomic mass is 10.1. The molecule has 1 aromatic heterocycles. The molecule has 1 amide bonds. The van der Waals surface area contributed by atoms with Crippen molar-refractivity contribution in [3.05, 3.63) is 10.7 Å². The smallest absolute Gasteiger partial charge is 0.410 e. The first-order valence-corrected chi connectivity index (χ1v) is 8.06. The van der Waals surface area contributed by atoms with E-state index in [4.69, 9.17) is 10.5 Å². The molecule has 0 saturated carbocycles. The summed E-state index contributed by atoms with van der Waals surface area (Å²) in [6.07, 6.45) is 3.20. The Morgan fingerprint density at radius 3 is 2.95 bits per heavy atom. The Balaban J connectivity index is 1.98. The molecule has 0 unspecified atom stereocenters. The molecule has 1 saturated heterocycles. The number of nitrogens with one attached hydrogen (secondary N) is 1. The highest BCUT2D eigenvalue weighted by Crippen LogP contribution is 2.23. The van der Waals surface area contributed by atoms with Crippen LogP contribution >= 0.6 is 15.9 Å². The van der Waals surface area contributed by atoms with Crippen molar-refractivity contribution in [3.8, 4) is 0 Å². The third-order valence-corrected chi connectivity index (χ3v) is 3.76. The van der Waals surface area contributed by atoms with Gasteiger partial charge in [-0.1, -0.05) is 0 Å². The number of halogens is 1. The summed E-state index contributed by atoms with van der Waals surface area (Å²) >= 11 is 3.39. The maximum atomic E-state index is 12.2. The van der Waals surface area contributed by atoms with Crippen LogP contribution in [-0.4, -0.2) is 45.7 Å². The monoisotopic (exact) mass is 371 g/mol. The predicted molar refractivity (Wildman–Crippen MR) is 88.6 cm³/mol. The van der Waals surface area contributed by atoms with E-state index in [0.29, 0.717) is 18.9 Å². The average molecular weight is 372 g/mol. The molecule has 22 heavy (non-hydrogen) atoms. The average Bonchev–Trinajstić information content (AvgIpc) is 2.41. The summed E-state index contributed by atoms with van der Waals surface area (Å²) in [6.45, 7) is 6.88. The lowest BCUT2D eigenvalue weighted by molar-refractivity contribution is 0.0206. The minimum absolute atomic E-state index is 0.104. The number of nitrogens with two attached hydrogens (primary N) is 1. The highest BCUT2D eigenvalue weighted by atomic mass is 79.9. The minimum Gasteiger partial charge on any atom is -0.444 e. The molecule has 0 aromatic carbocycles. The van der Waals surface area contributed by atoms with Crippen molar-refractivity contribution >= 4 is 33.8 Å². The summed E-state index contributed by atoms with van der Waals surface area (Å²) in [5.41, 5.74) is 5.13. The number of hydrogen-bond donors (Lipinski definition) is 2. The molecule has 1 fully saturated rings. The van der Waals surface area contributed by atoms with Gasteiger partial charge in [0.05, 0.1) is 4.47 Å². The zero-order chi connectivity index (χ0) is 16.3. The molecule has 0 bridgehead atoms. The van der Waals surface area contributed by atoms with Gasteiger partial charge in [0.2, 0.25) is 5.95 Å². The maximum absolute atomic E-state index is 12.2. The van der Waals surface area contributed by atoms with Gasteiger partial charge in [-0.3, -0.25) is 0 Å². The molecule has 0 aliphatic carbocycles. The molecule has 1 aliphatic heterocycles. The first-order chi connectivity index (χ1) is 10.2. The van der Waals surface area contributed by atoms with Crippen LogP contribution in [-0.2, 0) is 4.74 Å². The molecule has 0 spiro atoms. The topological polar surface area (TPSA) is 93.4 Å².